The normalized spacial score (nSPS) is 20.9. The smallest absolute Gasteiger partial charge is 0.388 e. The van der Waals surface area contributed by atoms with Crippen LogP contribution < -0.4 is 0 Å². The van der Waals surface area contributed by atoms with Crippen LogP contribution in [0, 0.1) is 10.8 Å². The lowest BCUT2D eigenvalue weighted by atomic mass is 9.71. The monoisotopic (exact) mass is 652 g/mol. The molecule has 5 rings (SSSR count). The molecule has 0 aromatic carbocycles. The average Bonchev–Trinajstić information content (AvgIpc) is 3.00. The maximum Gasteiger partial charge on any atom is 0.417 e. The first-order valence-electron chi connectivity index (χ1n) is 15.9. The van der Waals surface area contributed by atoms with Gasteiger partial charge in [0.2, 0.25) is 0 Å². The first-order chi connectivity index (χ1) is 21.1. The van der Waals surface area contributed by atoms with Gasteiger partial charge < -0.3 is 19.7 Å². The fourth-order valence-electron chi connectivity index (χ4n) is 5.87. The molecule has 0 spiro atoms. The van der Waals surface area contributed by atoms with Gasteiger partial charge in [0.15, 0.2) is 0 Å². The van der Waals surface area contributed by atoms with Crippen molar-refractivity contribution in [2.45, 2.75) is 104 Å². The van der Waals surface area contributed by atoms with E-state index in [9.17, 15) is 23.4 Å². The number of thiol groups is 1. The van der Waals surface area contributed by atoms with Crippen molar-refractivity contribution in [1.29, 1.82) is 0 Å². The number of aliphatic hydroxyl groups excluding tert-OH is 2. The lowest BCUT2D eigenvalue weighted by molar-refractivity contribution is -0.137. The van der Waals surface area contributed by atoms with Crippen LogP contribution >= 0.6 is 12.6 Å². The molecule has 1 fully saturated rings. The largest absolute Gasteiger partial charge is 0.417 e. The maximum atomic E-state index is 13.2. The van der Waals surface area contributed by atoms with Crippen LogP contribution in [0.15, 0.2) is 24.4 Å². The number of ether oxygens (including phenoxy) is 2. The summed E-state index contributed by atoms with van der Waals surface area (Å²) in [6.45, 7) is 15.2. The van der Waals surface area contributed by atoms with Gasteiger partial charge in [0, 0.05) is 42.1 Å². The van der Waals surface area contributed by atoms with E-state index in [2.05, 4.69) is 59.2 Å². The molecule has 2 aromatic heterocycles. The molecule has 6 nitrogen and oxygen atoms in total. The van der Waals surface area contributed by atoms with Gasteiger partial charge in [-0.3, -0.25) is 9.97 Å². The van der Waals surface area contributed by atoms with Gasteiger partial charge in [0.05, 0.1) is 36.3 Å². The van der Waals surface area contributed by atoms with Crippen LogP contribution in [0.1, 0.15) is 131 Å². The van der Waals surface area contributed by atoms with E-state index in [1.54, 1.807) is 6.26 Å². The van der Waals surface area contributed by atoms with Gasteiger partial charge in [-0.1, -0.05) is 54.0 Å². The van der Waals surface area contributed by atoms with Gasteiger partial charge >= 0.3 is 6.18 Å². The highest BCUT2D eigenvalue weighted by atomic mass is 32.1. The Bertz CT molecular complexity index is 1280. The Kier molecular flexibility index (Phi) is 13.1. The van der Waals surface area contributed by atoms with Crippen molar-refractivity contribution >= 4 is 18.2 Å². The summed E-state index contributed by atoms with van der Waals surface area (Å²) < 4.78 is 50.7. The Morgan fingerprint density at radius 2 is 1.71 bits per heavy atom. The average molecular weight is 653 g/mol. The second-order valence-corrected chi connectivity index (χ2v) is 13.9. The minimum absolute atomic E-state index is 0.0134. The van der Waals surface area contributed by atoms with Crippen LogP contribution in [0.3, 0.4) is 0 Å². The number of nitrogens with zero attached hydrogens (tertiary/aromatic N) is 2. The number of fused-ring (bicyclic) bond motifs is 1. The van der Waals surface area contributed by atoms with Crippen LogP contribution in [0.4, 0.5) is 13.2 Å². The van der Waals surface area contributed by atoms with E-state index in [0.717, 1.165) is 47.6 Å². The number of alkyl halides is 3. The predicted molar refractivity (Wildman–Crippen MR) is 175 cm³/mol. The van der Waals surface area contributed by atoms with Crippen LogP contribution in [0.25, 0.3) is 5.57 Å². The first-order valence-corrected chi connectivity index (χ1v) is 16.8. The zero-order valence-corrected chi connectivity index (χ0v) is 28.7. The Morgan fingerprint density at radius 3 is 2.22 bits per heavy atom. The van der Waals surface area contributed by atoms with Gasteiger partial charge in [-0.05, 0) is 72.5 Å². The van der Waals surface area contributed by atoms with E-state index in [4.69, 9.17) is 14.5 Å². The summed E-state index contributed by atoms with van der Waals surface area (Å²) in [5.74, 6) is 0.0134. The highest BCUT2D eigenvalue weighted by Crippen LogP contribution is 2.48. The van der Waals surface area contributed by atoms with Crippen molar-refractivity contribution in [1.82, 2.24) is 9.97 Å². The van der Waals surface area contributed by atoms with E-state index in [0.29, 0.717) is 62.2 Å². The van der Waals surface area contributed by atoms with Gasteiger partial charge in [-0.2, -0.15) is 25.8 Å². The fourth-order valence-corrected chi connectivity index (χ4v) is 5.87. The van der Waals surface area contributed by atoms with Crippen LogP contribution in [-0.2, 0) is 22.1 Å². The van der Waals surface area contributed by atoms with Gasteiger partial charge in [-0.15, -0.1) is 0 Å². The zero-order valence-electron chi connectivity index (χ0n) is 27.8. The first kappa shape index (κ1) is 37.5. The summed E-state index contributed by atoms with van der Waals surface area (Å²) >= 11 is 3.53. The molecule has 252 valence electrons. The molecule has 10 heteroatoms. The Labute approximate surface area is 272 Å². The standard InChI is InChI=1S/C28H33F3N2O4.C6H14.CH4S/c1-27(2)13-20-23(21(34)14-27)22(16-5-9-36-10-6-16)24(25(33-20)17-7-11-37-12-8-17)26(35)19-4-3-18(15-32-19)28(29,30)31;1-5-6(2,3)4;1-2/h3-5,15,17,21,26,34-35H,6-14H2,1-2H3;5H2,1-4H3;2H,1H3/t21?,26-;;/m0../s1. The molecule has 2 N–H and O–H groups in total. The molecule has 3 aliphatic rings. The molecule has 0 amide bonds. The topological polar surface area (TPSA) is 84.7 Å². The van der Waals surface area contributed by atoms with E-state index >= 15 is 0 Å². The minimum atomic E-state index is -4.52. The molecule has 0 bridgehead atoms. The highest BCUT2D eigenvalue weighted by Gasteiger charge is 2.39. The van der Waals surface area contributed by atoms with Crippen molar-refractivity contribution in [3.8, 4) is 0 Å². The third-order valence-corrected chi connectivity index (χ3v) is 8.73. The second-order valence-electron chi connectivity index (χ2n) is 13.9. The number of aromatic nitrogens is 2. The summed E-state index contributed by atoms with van der Waals surface area (Å²) in [6, 6.07) is 2.17. The molecular weight excluding hydrogens is 601 g/mol. The third-order valence-electron chi connectivity index (χ3n) is 8.73. The lowest BCUT2D eigenvalue weighted by Crippen LogP contribution is -2.31. The van der Waals surface area contributed by atoms with Gasteiger partial charge in [0.25, 0.3) is 0 Å². The molecule has 2 aliphatic heterocycles. The number of halogens is 3. The third kappa shape index (κ3) is 9.76. The molecule has 1 unspecified atom stereocenters. The van der Waals surface area contributed by atoms with Crippen molar-refractivity contribution in [3.05, 3.63) is 63.7 Å². The Hall–Kier alpha value is -1.98. The van der Waals surface area contributed by atoms with Gasteiger partial charge in [0.1, 0.15) is 6.10 Å². The lowest BCUT2D eigenvalue weighted by Gasteiger charge is -2.38. The van der Waals surface area contributed by atoms with Crippen molar-refractivity contribution < 1.29 is 32.9 Å². The number of pyridine rings is 2. The molecular formula is C35H51F3N2O4S. The molecule has 0 radical (unpaired) electrons. The van der Waals surface area contributed by atoms with E-state index in [1.165, 1.54) is 12.5 Å². The minimum Gasteiger partial charge on any atom is -0.388 e. The summed E-state index contributed by atoms with van der Waals surface area (Å²) in [5.41, 5.74) is 4.14. The molecule has 1 aliphatic carbocycles. The van der Waals surface area contributed by atoms with Crippen molar-refractivity contribution in [2.24, 2.45) is 10.8 Å². The molecule has 0 saturated carbocycles. The highest BCUT2D eigenvalue weighted by molar-refractivity contribution is 7.79. The number of rotatable bonds is 4. The number of aliphatic hydroxyl groups is 2. The van der Waals surface area contributed by atoms with Crippen molar-refractivity contribution in [3.63, 3.8) is 0 Å². The second kappa shape index (κ2) is 15.7. The summed E-state index contributed by atoms with van der Waals surface area (Å²) in [4.78, 5) is 9.12. The Morgan fingerprint density at radius 1 is 1.07 bits per heavy atom. The summed E-state index contributed by atoms with van der Waals surface area (Å²) in [5, 5.41) is 23.1. The zero-order chi connectivity index (χ0) is 33.6. The molecule has 4 heterocycles. The van der Waals surface area contributed by atoms with Gasteiger partial charge in [-0.25, -0.2) is 0 Å². The van der Waals surface area contributed by atoms with E-state index in [1.807, 2.05) is 6.08 Å². The molecule has 1 saturated heterocycles. The summed E-state index contributed by atoms with van der Waals surface area (Å²) in [6.07, 6.45) is 2.35. The SMILES string of the molecule is CC1(C)Cc2nc(C3CCOCC3)c([C@@H](O)c3ccc(C(F)(F)F)cn3)c(C3=CCOCC3)c2C(O)C1.CCC(C)(C)C.CS. The summed E-state index contributed by atoms with van der Waals surface area (Å²) in [7, 11) is 0. The molecule has 2 aromatic rings. The van der Waals surface area contributed by atoms with Crippen molar-refractivity contribution in [2.75, 3.05) is 32.7 Å². The van der Waals surface area contributed by atoms with E-state index < -0.39 is 23.9 Å². The maximum absolute atomic E-state index is 13.2. The van der Waals surface area contributed by atoms with Crippen LogP contribution in [0.5, 0.6) is 0 Å². The number of hydrogen-bond acceptors (Lipinski definition) is 7. The van der Waals surface area contributed by atoms with E-state index in [-0.39, 0.29) is 17.0 Å². The predicted octanol–water partition coefficient (Wildman–Crippen LogP) is 8.27. The number of hydrogen-bond donors (Lipinski definition) is 3. The molecule has 45 heavy (non-hydrogen) atoms. The van der Waals surface area contributed by atoms with Crippen LogP contribution in [0.2, 0.25) is 0 Å². The van der Waals surface area contributed by atoms with Crippen LogP contribution in [-0.4, -0.2) is 52.9 Å². The Balaban J connectivity index is 0.000000620. The quantitative estimate of drug-likeness (QED) is 0.289. The molecule has 2 atom stereocenters. The fraction of sp³-hybridized carbons (Fsp3) is 0.657.